The Balaban J connectivity index is 5.43. The van der Waals surface area contributed by atoms with Crippen LogP contribution in [0.2, 0.25) is 0 Å². The molecule has 0 aromatic rings. The number of carbonyl (C=O) groups excluding carboxylic acids is 4. The molecule has 0 saturated carbocycles. The smallest absolute Gasteiger partial charge is 0.462 e. The first kappa shape index (κ1) is 101. The van der Waals surface area contributed by atoms with E-state index in [9.17, 15) is 43.2 Å². The summed E-state index contributed by atoms with van der Waals surface area (Å²) in [6.07, 6.45) is 89.7. The second-order valence-electron chi connectivity index (χ2n) is 26.9. The van der Waals surface area contributed by atoms with Crippen molar-refractivity contribution in [2.45, 2.75) is 341 Å². The highest BCUT2D eigenvalue weighted by molar-refractivity contribution is 7.47. The van der Waals surface area contributed by atoms with Crippen molar-refractivity contribution >= 4 is 39.5 Å². The molecule has 0 aliphatic heterocycles. The molecule has 3 N–H and O–H groups in total. The molecule has 0 saturated heterocycles. The van der Waals surface area contributed by atoms with Gasteiger partial charge in [-0.1, -0.05) is 315 Å². The summed E-state index contributed by atoms with van der Waals surface area (Å²) in [4.78, 5) is 73.1. The zero-order valence-corrected chi connectivity index (χ0v) is 68.1. The molecule has 606 valence electrons. The van der Waals surface area contributed by atoms with Crippen molar-refractivity contribution in [3.63, 3.8) is 0 Å². The van der Waals surface area contributed by atoms with Crippen LogP contribution >= 0.6 is 15.6 Å². The number of ether oxygens (including phenoxy) is 4. The van der Waals surface area contributed by atoms with Gasteiger partial charge in [-0.05, 0) is 128 Å². The minimum atomic E-state index is -5.00. The summed E-state index contributed by atoms with van der Waals surface area (Å²) in [7, 11) is -9.99. The Morgan fingerprint density at radius 3 is 0.811 bits per heavy atom. The van der Waals surface area contributed by atoms with Gasteiger partial charge in [-0.2, -0.15) is 0 Å². The molecule has 0 aromatic heterocycles. The standard InChI is InChI=1S/C87H146O17P2/c1-5-9-13-17-21-25-29-33-36-39-40-43-45-49-52-56-60-64-68-72-85(90)98-78-83(104-87(92)74-70-66-62-58-54-50-46-42-38-35-31-27-23-19-15-11-7-3)80-102-106(95,96)100-76-81(88)75-99-105(93,94)101-79-82(103-86(91)73-69-65-61-57-53-47-32-28-24-20-16-12-8-4)77-97-84(89)71-67-63-59-55-51-48-44-41-37-34-30-26-22-18-14-10-6-2/h9-11,13-15,21-23,25-27,33-38,40,43,49,52,60,64,81-83,88H,5-8,12,16-20,24,28-32,39,41-42,44-48,50-51,53-59,61-63,65-80H2,1-4H3,(H,93,94)(H,95,96)/b13-9-,14-10-,15-11-,25-21-,26-22-,27-23-,36-33-,37-34-,38-35-,43-40-,52-49-,64-60-. The van der Waals surface area contributed by atoms with Gasteiger partial charge in [-0.15, -0.1) is 0 Å². The van der Waals surface area contributed by atoms with E-state index in [1.54, 1.807) is 0 Å². The fourth-order valence-electron chi connectivity index (χ4n) is 10.7. The Morgan fingerprint density at radius 2 is 0.509 bits per heavy atom. The van der Waals surface area contributed by atoms with E-state index in [1.807, 2.05) is 18.2 Å². The molecule has 0 radical (unpaired) electrons. The zero-order valence-electron chi connectivity index (χ0n) is 66.3. The van der Waals surface area contributed by atoms with Gasteiger partial charge in [-0.25, -0.2) is 9.13 Å². The fourth-order valence-corrected chi connectivity index (χ4v) is 12.3. The summed E-state index contributed by atoms with van der Waals surface area (Å²) < 4.78 is 68.6. The Hall–Kier alpha value is -5.06. The number of aliphatic hydroxyl groups is 1. The number of esters is 4. The monoisotopic (exact) mass is 1530 g/mol. The van der Waals surface area contributed by atoms with Gasteiger partial charge in [0.1, 0.15) is 19.3 Å². The first-order valence-corrected chi connectivity index (χ1v) is 44.1. The number of hydrogen-bond acceptors (Lipinski definition) is 15. The van der Waals surface area contributed by atoms with E-state index in [1.165, 1.54) is 51.4 Å². The van der Waals surface area contributed by atoms with E-state index in [0.29, 0.717) is 32.1 Å². The summed E-state index contributed by atoms with van der Waals surface area (Å²) in [6, 6.07) is 0. The summed E-state index contributed by atoms with van der Waals surface area (Å²) in [6.45, 7) is 4.46. The number of phosphoric ester groups is 2. The zero-order chi connectivity index (χ0) is 77.4. The fraction of sp³-hybridized carbons (Fsp3) is 0.678. The Labute approximate surface area is 643 Å². The van der Waals surface area contributed by atoms with Crippen molar-refractivity contribution in [1.29, 1.82) is 0 Å². The lowest BCUT2D eigenvalue weighted by Crippen LogP contribution is -2.30. The maximum atomic E-state index is 13.1. The van der Waals surface area contributed by atoms with E-state index < -0.39 is 97.5 Å². The van der Waals surface area contributed by atoms with Gasteiger partial charge >= 0.3 is 39.5 Å². The quantitative estimate of drug-likeness (QED) is 0.0169. The lowest BCUT2D eigenvalue weighted by Gasteiger charge is -2.21. The molecule has 0 aromatic carbocycles. The summed E-state index contributed by atoms with van der Waals surface area (Å²) in [5.41, 5.74) is 0. The molecule has 19 heteroatoms. The molecule has 0 aliphatic carbocycles. The summed E-state index contributed by atoms with van der Waals surface area (Å²) >= 11 is 0. The molecule has 5 atom stereocenters. The lowest BCUT2D eigenvalue weighted by molar-refractivity contribution is -0.161. The first-order valence-electron chi connectivity index (χ1n) is 41.1. The number of unbranched alkanes of at least 4 members (excludes halogenated alkanes) is 26. The second-order valence-corrected chi connectivity index (χ2v) is 29.8. The van der Waals surface area contributed by atoms with Gasteiger partial charge in [0.15, 0.2) is 12.2 Å². The van der Waals surface area contributed by atoms with Crippen LogP contribution in [0.25, 0.3) is 0 Å². The van der Waals surface area contributed by atoms with E-state index in [-0.39, 0.29) is 25.7 Å². The van der Waals surface area contributed by atoms with Gasteiger partial charge < -0.3 is 33.8 Å². The van der Waals surface area contributed by atoms with Gasteiger partial charge in [0.25, 0.3) is 0 Å². The molecule has 106 heavy (non-hydrogen) atoms. The van der Waals surface area contributed by atoms with Gasteiger partial charge in [0.2, 0.25) is 0 Å². The molecule has 0 fully saturated rings. The van der Waals surface area contributed by atoms with Crippen molar-refractivity contribution in [1.82, 2.24) is 0 Å². The van der Waals surface area contributed by atoms with Crippen LogP contribution in [0.5, 0.6) is 0 Å². The van der Waals surface area contributed by atoms with Crippen LogP contribution in [0.4, 0.5) is 0 Å². The van der Waals surface area contributed by atoms with E-state index in [2.05, 4.69) is 155 Å². The van der Waals surface area contributed by atoms with E-state index in [0.717, 1.165) is 186 Å². The molecular weight excluding hydrogens is 1380 g/mol. The molecular formula is C87H146O17P2. The molecule has 0 spiro atoms. The minimum Gasteiger partial charge on any atom is -0.462 e. The highest BCUT2D eigenvalue weighted by Crippen LogP contribution is 2.45. The van der Waals surface area contributed by atoms with Crippen molar-refractivity contribution in [2.24, 2.45) is 0 Å². The average Bonchev–Trinajstić information content (AvgIpc) is 0.907. The topological polar surface area (TPSA) is 237 Å². The summed E-state index contributed by atoms with van der Waals surface area (Å²) in [5.74, 6) is -2.29. The third kappa shape index (κ3) is 77.1. The number of phosphoric acid groups is 2. The third-order valence-corrected chi connectivity index (χ3v) is 18.7. The normalized spacial score (nSPS) is 14.6. The number of carbonyl (C=O) groups is 4. The van der Waals surface area contributed by atoms with Gasteiger partial charge in [0.05, 0.1) is 26.4 Å². The average molecular weight is 1530 g/mol. The number of hydrogen-bond donors (Lipinski definition) is 3. The predicted molar refractivity (Wildman–Crippen MR) is 436 cm³/mol. The Kier molecular flexibility index (Phi) is 74.3. The largest absolute Gasteiger partial charge is 0.472 e. The summed E-state index contributed by atoms with van der Waals surface area (Å²) in [5, 5.41) is 10.7. The van der Waals surface area contributed by atoms with Gasteiger partial charge in [-0.3, -0.25) is 37.3 Å². The molecule has 0 rings (SSSR count). The maximum absolute atomic E-state index is 13.1. The molecule has 0 bridgehead atoms. The van der Waals surface area contributed by atoms with Crippen LogP contribution < -0.4 is 0 Å². The van der Waals surface area contributed by atoms with Crippen molar-refractivity contribution in [3.05, 3.63) is 146 Å². The van der Waals surface area contributed by atoms with Crippen LogP contribution in [-0.2, 0) is 65.4 Å². The Morgan fingerprint density at radius 1 is 0.274 bits per heavy atom. The SMILES string of the molecule is CC/C=C\C/C=C\C/C=C\C/C=C\C/C=C\C/C=C\CCC(=O)OCC(COP(=O)(O)OCC(O)COP(=O)(O)OCC(COC(=O)CCCCCCCCC/C=C\C/C=C\C/C=C\CC)OC(=O)CCCCCCCCCCCCCCC)OC(=O)CCCCCCCCC/C=C\C/C=C\C/C=C\CC. The number of aliphatic hydroxyl groups excluding tert-OH is 1. The minimum absolute atomic E-state index is 0.0305. The molecule has 0 heterocycles. The van der Waals surface area contributed by atoms with Crippen LogP contribution in [-0.4, -0.2) is 96.7 Å². The van der Waals surface area contributed by atoms with Crippen molar-refractivity contribution in [3.8, 4) is 0 Å². The highest BCUT2D eigenvalue weighted by Gasteiger charge is 2.30. The second kappa shape index (κ2) is 78.1. The van der Waals surface area contributed by atoms with E-state index in [4.69, 9.17) is 37.0 Å². The van der Waals surface area contributed by atoms with Gasteiger partial charge in [0, 0.05) is 25.7 Å². The van der Waals surface area contributed by atoms with Crippen LogP contribution in [0.1, 0.15) is 323 Å². The predicted octanol–water partition coefficient (Wildman–Crippen LogP) is 24.2. The number of allylic oxidation sites excluding steroid dienone is 24. The lowest BCUT2D eigenvalue weighted by atomic mass is 10.0. The third-order valence-electron chi connectivity index (χ3n) is 16.8. The van der Waals surface area contributed by atoms with Crippen LogP contribution in [0, 0.1) is 0 Å². The molecule has 0 amide bonds. The van der Waals surface area contributed by atoms with Crippen LogP contribution in [0.3, 0.4) is 0 Å². The van der Waals surface area contributed by atoms with Crippen LogP contribution in [0.15, 0.2) is 146 Å². The molecule has 0 aliphatic rings. The van der Waals surface area contributed by atoms with Crippen molar-refractivity contribution < 1.29 is 80.2 Å². The molecule has 17 nitrogen and oxygen atoms in total. The highest BCUT2D eigenvalue weighted by atomic mass is 31.2. The molecule has 5 unspecified atom stereocenters. The van der Waals surface area contributed by atoms with E-state index >= 15 is 0 Å². The first-order chi connectivity index (χ1) is 51.7. The Bertz CT molecular complexity index is 2580. The maximum Gasteiger partial charge on any atom is 0.472 e. The van der Waals surface area contributed by atoms with Crippen molar-refractivity contribution in [2.75, 3.05) is 39.6 Å². The number of rotatable bonds is 76.